The van der Waals surface area contributed by atoms with E-state index in [-0.39, 0.29) is 5.82 Å². The third-order valence-corrected chi connectivity index (χ3v) is 5.04. The van der Waals surface area contributed by atoms with Gasteiger partial charge in [0.15, 0.2) is 5.58 Å². The van der Waals surface area contributed by atoms with Crippen LogP contribution in [0.3, 0.4) is 0 Å². The number of oxazole rings is 1. The highest BCUT2D eigenvalue weighted by atomic mass is 19.1. The number of nitrogens with zero attached hydrogens (tertiary/aromatic N) is 3. The van der Waals surface area contributed by atoms with Crippen molar-refractivity contribution in [2.45, 2.75) is 13.0 Å². The van der Waals surface area contributed by atoms with Gasteiger partial charge in [-0.1, -0.05) is 0 Å². The summed E-state index contributed by atoms with van der Waals surface area (Å²) in [4.78, 5) is 12.2. The van der Waals surface area contributed by atoms with Gasteiger partial charge < -0.3 is 19.2 Å². The van der Waals surface area contributed by atoms with E-state index in [2.05, 4.69) is 27.0 Å². The summed E-state index contributed by atoms with van der Waals surface area (Å²) in [6.45, 7) is 1.66. The first-order chi connectivity index (χ1) is 12.6. The molecule has 0 radical (unpaired) electrons. The Balaban J connectivity index is 1.50. The largest absolute Gasteiger partial charge is 0.423 e. The van der Waals surface area contributed by atoms with E-state index in [1.54, 1.807) is 6.07 Å². The SMILES string of the molecule is CN(C)c1nc2cc(N3CCc4c([nH]c5ccc(F)cc45)C3)ccc2o1. The van der Waals surface area contributed by atoms with Crippen molar-refractivity contribution in [1.82, 2.24) is 9.97 Å². The molecule has 6 heteroatoms. The van der Waals surface area contributed by atoms with E-state index in [0.29, 0.717) is 6.01 Å². The summed E-state index contributed by atoms with van der Waals surface area (Å²) in [7, 11) is 3.83. The molecule has 1 N–H and O–H groups in total. The van der Waals surface area contributed by atoms with Crippen LogP contribution in [0.25, 0.3) is 22.0 Å². The van der Waals surface area contributed by atoms with Gasteiger partial charge in [0.1, 0.15) is 11.3 Å². The third-order valence-electron chi connectivity index (χ3n) is 5.04. The number of nitrogens with one attached hydrogen (secondary N) is 1. The van der Waals surface area contributed by atoms with Crippen molar-refractivity contribution in [3.8, 4) is 0 Å². The molecular formula is C20H19FN4O. The molecule has 0 aliphatic carbocycles. The smallest absolute Gasteiger partial charge is 0.297 e. The van der Waals surface area contributed by atoms with Crippen LogP contribution < -0.4 is 9.80 Å². The van der Waals surface area contributed by atoms with Crippen LogP contribution in [0.4, 0.5) is 16.1 Å². The number of hydrogen-bond donors (Lipinski definition) is 1. The highest BCUT2D eigenvalue weighted by Crippen LogP contribution is 2.32. The number of aromatic amines is 1. The van der Waals surface area contributed by atoms with Gasteiger partial charge in [0.05, 0.1) is 6.54 Å². The molecule has 5 rings (SSSR count). The number of rotatable bonds is 2. The van der Waals surface area contributed by atoms with Gasteiger partial charge in [-0.15, -0.1) is 0 Å². The Morgan fingerprint density at radius 3 is 2.92 bits per heavy atom. The van der Waals surface area contributed by atoms with E-state index in [4.69, 9.17) is 4.42 Å². The van der Waals surface area contributed by atoms with Gasteiger partial charge in [0.2, 0.25) is 0 Å². The molecule has 1 aliphatic heterocycles. The summed E-state index contributed by atoms with van der Waals surface area (Å²) in [6.07, 6.45) is 0.887. The van der Waals surface area contributed by atoms with Crippen molar-refractivity contribution in [3.63, 3.8) is 0 Å². The molecule has 4 aromatic rings. The highest BCUT2D eigenvalue weighted by Gasteiger charge is 2.22. The fraction of sp³-hybridized carbons (Fsp3) is 0.250. The molecule has 0 fully saturated rings. The van der Waals surface area contributed by atoms with Crippen LogP contribution >= 0.6 is 0 Å². The molecule has 0 saturated carbocycles. The Morgan fingerprint density at radius 1 is 1.19 bits per heavy atom. The van der Waals surface area contributed by atoms with Crippen molar-refractivity contribution < 1.29 is 8.81 Å². The summed E-state index contributed by atoms with van der Waals surface area (Å²) < 4.78 is 19.3. The molecule has 132 valence electrons. The zero-order valence-electron chi connectivity index (χ0n) is 14.7. The first kappa shape index (κ1) is 15.3. The van der Waals surface area contributed by atoms with Crippen LogP contribution in [0.2, 0.25) is 0 Å². The summed E-state index contributed by atoms with van der Waals surface area (Å²) >= 11 is 0. The van der Waals surface area contributed by atoms with E-state index < -0.39 is 0 Å². The van der Waals surface area contributed by atoms with Gasteiger partial charge >= 0.3 is 0 Å². The second-order valence-corrected chi connectivity index (χ2v) is 6.99. The van der Waals surface area contributed by atoms with Gasteiger partial charge in [-0.05, 0) is 48.4 Å². The Labute approximate surface area is 150 Å². The van der Waals surface area contributed by atoms with Crippen molar-refractivity contribution in [3.05, 3.63) is 53.5 Å². The van der Waals surface area contributed by atoms with Crippen LogP contribution in [0, 0.1) is 5.82 Å². The van der Waals surface area contributed by atoms with Crippen LogP contribution in [0.1, 0.15) is 11.3 Å². The second kappa shape index (κ2) is 5.49. The molecule has 3 heterocycles. The molecule has 0 saturated heterocycles. The number of benzene rings is 2. The quantitative estimate of drug-likeness (QED) is 0.592. The fourth-order valence-electron chi connectivity index (χ4n) is 3.72. The molecule has 0 atom stereocenters. The number of H-pyrrole nitrogens is 1. The van der Waals surface area contributed by atoms with Gasteiger partial charge in [-0.2, -0.15) is 4.98 Å². The topological polar surface area (TPSA) is 48.3 Å². The zero-order chi connectivity index (χ0) is 17.8. The minimum absolute atomic E-state index is 0.185. The van der Waals surface area contributed by atoms with Gasteiger partial charge in [-0.3, -0.25) is 0 Å². The fourth-order valence-corrected chi connectivity index (χ4v) is 3.72. The summed E-state index contributed by atoms with van der Waals surface area (Å²) in [5.41, 5.74) is 6.15. The number of halogens is 1. The first-order valence-electron chi connectivity index (χ1n) is 8.70. The second-order valence-electron chi connectivity index (χ2n) is 6.99. The molecule has 0 unspecified atom stereocenters. The van der Waals surface area contributed by atoms with Crippen molar-refractivity contribution in [2.24, 2.45) is 0 Å². The maximum atomic E-state index is 13.6. The Hall–Kier alpha value is -3.02. The standard InChI is InChI=1S/C20H19FN4O/c1-24(2)20-23-17-10-13(4-6-19(17)26-20)25-8-7-14-15-9-12(21)3-5-16(15)22-18(14)11-25/h3-6,9-10,22H,7-8,11H2,1-2H3. The number of anilines is 2. The minimum atomic E-state index is -0.185. The Morgan fingerprint density at radius 2 is 2.08 bits per heavy atom. The van der Waals surface area contributed by atoms with Crippen LogP contribution in [0.15, 0.2) is 40.8 Å². The predicted molar refractivity (Wildman–Crippen MR) is 101 cm³/mol. The maximum absolute atomic E-state index is 13.6. The number of hydrogen-bond acceptors (Lipinski definition) is 4. The molecule has 0 spiro atoms. The van der Waals surface area contributed by atoms with E-state index in [1.807, 2.05) is 31.1 Å². The predicted octanol–water partition coefficient (Wildman–Crippen LogP) is 4.08. The molecule has 1 aliphatic rings. The zero-order valence-corrected chi connectivity index (χ0v) is 14.7. The molecule has 5 nitrogen and oxygen atoms in total. The summed E-state index contributed by atoms with van der Waals surface area (Å²) in [6, 6.07) is 11.7. The molecule has 0 bridgehead atoms. The van der Waals surface area contributed by atoms with Gasteiger partial charge in [-0.25, -0.2) is 4.39 Å². The van der Waals surface area contributed by atoms with E-state index in [0.717, 1.165) is 52.9 Å². The van der Waals surface area contributed by atoms with E-state index in [9.17, 15) is 4.39 Å². The summed E-state index contributed by atoms with van der Waals surface area (Å²) in [5, 5.41) is 1.00. The Bertz CT molecular complexity index is 1130. The molecule has 0 amide bonds. The van der Waals surface area contributed by atoms with Crippen LogP contribution in [-0.2, 0) is 13.0 Å². The van der Waals surface area contributed by atoms with Crippen molar-refractivity contribution in [1.29, 1.82) is 0 Å². The van der Waals surface area contributed by atoms with Crippen LogP contribution in [0.5, 0.6) is 0 Å². The lowest BCUT2D eigenvalue weighted by molar-refractivity contribution is 0.596. The highest BCUT2D eigenvalue weighted by molar-refractivity contribution is 5.85. The Kier molecular flexibility index (Phi) is 3.22. The summed E-state index contributed by atoms with van der Waals surface area (Å²) in [5.74, 6) is -0.185. The average molecular weight is 350 g/mol. The van der Waals surface area contributed by atoms with Gasteiger partial charge in [0.25, 0.3) is 6.01 Å². The normalized spacial score (nSPS) is 14.2. The lowest BCUT2D eigenvalue weighted by Gasteiger charge is -2.29. The average Bonchev–Trinajstić information content (AvgIpc) is 3.21. The molecular weight excluding hydrogens is 331 g/mol. The van der Waals surface area contributed by atoms with Crippen LogP contribution in [-0.4, -0.2) is 30.6 Å². The van der Waals surface area contributed by atoms with E-state index >= 15 is 0 Å². The van der Waals surface area contributed by atoms with Crippen molar-refractivity contribution >= 4 is 33.7 Å². The van der Waals surface area contributed by atoms with Crippen molar-refractivity contribution in [2.75, 3.05) is 30.4 Å². The lowest BCUT2D eigenvalue weighted by Crippen LogP contribution is -2.30. The monoisotopic (exact) mass is 350 g/mol. The number of aromatic nitrogens is 2. The van der Waals surface area contributed by atoms with E-state index in [1.165, 1.54) is 11.6 Å². The van der Waals surface area contributed by atoms with Gasteiger partial charge in [0, 0.05) is 42.9 Å². The molecule has 26 heavy (non-hydrogen) atoms. The molecule has 2 aromatic heterocycles. The third kappa shape index (κ3) is 2.33. The first-order valence-corrected chi connectivity index (χ1v) is 8.70. The number of fused-ring (bicyclic) bond motifs is 4. The maximum Gasteiger partial charge on any atom is 0.297 e. The molecule has 2 aromatic carbocycles. The minimum Gasteiger partial charge on any atom is -0.423 e. The lowest BCUT2D eigenvalue weighted by atomic mass is 10.0.